The van der Waals surface area contributed by atoms with Gasteiger partial charge in [-0.3, -0.25) is 10.1 Å². The summed E-state index contributed by atoms with van der Waals surface area (Å²) in [6.07, 6.45) is 1.72. The molecule has 0 saturated heterocycles. The lowest BCUT2D eigenvalue weighted by molar-refractivity contribution is -0.385. The first-order valence-corrected chi connectivity index (χ1v) is 4.76. The summed E-state index contributed by atoms with van der Waals surface area (Å²) < 4.78 is 0. The SMILES string of the molecule is Cc1cc(C2(C#N)CC2)ccc1[N+](=O)[O-]. The number of aryl methyl sites for hydroxylation is 1. The molecule has 0 atom stereocenters. The first-order chi connectivity index (χ1) is 7.09. The molecule has 1 saturated carbocycles. The van der Waals surface area contributed by atoms with E-state index in [4.69, 9.17) is 5.26 Å². The van der Waals surface area contributed by atoms with Crippen molar-refractivity contribution in [3.8, 4) is 6.07 Å². The molecule has 1 aromatic rings. The molecule has 0 N–H and O–H groups in total. The molecule has 15 heavy (non-hydrogen) atoms. The zero-order valence-electron chi connectivity index (χ0n) is 8.36. The van der Waals surface area contributed by atoms with Gasteiger partial charge in [-0.25, -0.2) is 0 Å². The predicted molar refractivity (Wildman–Crippen MR) is 54.4 cm³/mol. The van der Waals surface area contributed by atoms with Gasteiger partial charge in [0.2, 0.25) is 0 Å². The van der Waals surface area contributed by atoms with Crippen molar-refractivity contribution in [1.29, 1.82) is 5.26 Å². The Morgan fingerprint density at radius 3 is 2.60 bits per heavy atom. The molecule has 0 aromatic heterocycles. The minimum absolute atomic E-state index is 0.118. The molecule has 4 heteroatoms. The molecule has 0 aliphatic heterocycles. The smallest absolute Gasteiger partial charge is 0.258 e. The van der Waals surface area contributed by atoms with Gasteiger partial charge in [-0.15, -0.1) is 0 Å². The van der Waals surface area contributed by atoms with Crippen LogP contribution < -0.4 is 0 Å². The van der Waals surface area contributed by atoms with Gasteiger partial charge in [0.15, 0.2) is 0 Å². The molecule has 4 nitrogen and oxygen atoms in total. The summed E-state index contributed by atoms with van der Waals surface area (Å²) in [6.45, 7) is 1.70. The molecular formula is C11H10N2O2. The second-order valence-corrected chi connectivity index (χ2v) is 3.95. The van der Waals surface area contributed by atoms with Crippen molar-refractivity contribution in [3.05, 3.63) is 39.4 Å². The van der Waals surface area contributed by atoms with Crippen LogP contribution in [0.5, 0.6) is 0 Å². The highest BCUT2D eigenvalue weighted by Crippen LogP contribution is 2.48. The highest BCUT2D eigenvalue weighted by molar-refractivity contribution is 5.48. The van der Waals surface area contributed by atoms with Crippen molar-refractivity contribution in [2.75, 3.05) is 0 Å². The van der Waals surface area contributed by atoms with Gasteiger partial charge in [0, 0.05) is 11.6 Å². The third-order valence-corrected chi connectivity index (χ3v) is 2.91. The van der Waals surface area contributed by atoms with Crippen LogP contribution in [0.15, 0.2) is 18.2 Å². The fourth-order valence-electron chi connectivity index (χ4n) is 1.75. The van der Waals surface area contributed by atoms with Crippen LogP contribution in [0.3, 0.4) is 0 Å². The molecule has 1 aromatic carbocycles. The van der Waals surface area contributed by atoms with E-state index >= 15 is 0 Å². The van der Waals surface area contributed by atoms with E-state index < -0.39 is 4.92 Å². The van der Waals surface area contributed by atoms with Crippen LogP contribution in [0.1, 0.15) is 24.0 Å². The van der Waals surface area contributed by atoms with Gasteiger partial charge in [0.05, 0.1) is 16.4 Å². The molecule has 0 heterocycles. The zero-order chi connectivity index (χ0) is 11.1. The maximum Gasteiger partial charge on any atom is 0.272 e. The number of nitrogens with zero attached hydrogens (tertiary/aromatic N) is 2. The van der Waals surface area contributed by atoms with Crippen LogP contribution in [-0.4, -0.2) is 4.92 Å². The maximum absolute atomic E-state index is 10.6. The molecule has 0 amide bonds. The number of benzene rings is 1. The summed E-state index contributed by atoms with van der Waals surface area (Å²) in [7, 11) is 0. The molecular weight excluding hydrogens is 192 g/mol. The van der Waals surface area contributed by atoms with Gasteiger partial charge in [0.1, 0.15) is 0 Å². The van der Waals surface area contributed by atoms with Gasteiger partial charge in [-0.1, -0.05) is 6.07 Å². The quantitative estimate of drug-likeness (QED) is 0.546. The van der Waals surface area contributed by atoms with E-state index in [9.17, 15) is 10.1 Å². The van der Waals surface area contributed by atoms with E-state index in [2.05, 4.69) is 6.07 Å². The molecule has 0 spiro atoms. The second kappa shape index (κ2) is 3.06. The highest BCUT2D eigenvalue weighted by Gasteiger charge is 2.45. The number of nitro groups is 1. The Hall–Kier alpha value is -1.89. The Bertz CT molecular complexity index is 470. The van der Waals surface area contributed by atoms with Crippen molar-refractivity contribution in [2.45, 2.75) is 25.2 Å². The Balaban J connectivity index is 2.43. The Kier molecular flexibility index (Phi) is 1.97. The minimum atomic E-state index is -0.398. The van der Waals surface area contributed by atoms with Crippen LogP contribution >= 0.6 is 0 Å². The van der Waals surface area contributed by atoms with Gasteiger partial charge < -0.3 is 0 Å². The summed E-state index contributed by atoms with van der Waals surface area (Å²) in [4.78, 5) is 10.2. The largest absolute Gasteiger partial charge is 0.272 e. The lowest BCUT2D eigenvalue weighted by Gasteiger charge is -2.06. The molecule has 1 aliphatic carbocycles. The number of nitriles is 1. The van der Waals surface area contributed by atoms with Crippen molar-refractivity contribution >= 4 is 5.69 Å². The van der Waals surface area contributed by atoms with E-state index in [0.29, 0.717) is 5.56 Å². The van der Waals surface area contributed by atoms with Crippen LogP contribution in [0.25, 0.3) is 0 Å². The molecule has 1 fully saturated rings. The molecule has 2 rings (SSSR count). The number of hydrogen-bond acceptors (Lipinski definition) is 3. The van der Waals surface area contributed by atoms with Gasteiger partial charge in [0.25, 0.3) is 5.69 Å². The highest BCUT2D eigenvalue weighted by atomic mass is 16.6. The summed E-state index contributed by atoms with van der Waals surface area (Å²) in [6, 6.07) is 7.22. The standard InChI is InChI=1S/C11H10N2O2/c1-8-6-9(11(7-12)4-5-11)2-3-10(8)13(14)15/h2-3,6H,4-5H2,1H3. The minimum Gasteiger partial charge on any atom is -0.258 e. The van der Waals surface area contributed by atoms with Crippen molar-refractivity contribution in [1.82, 2.24) is 0 Å². The van der Waals surface area contributed by atoms with Crippen LogP contribution in [0.4, 0.5) is 5.69 Å². The lowest BCUT2D eigenvalue weighted by atomic mass is 9.95. The monoisotopic (exact) mass is 202 g/mol. The van der Waals surface area contributed by atoms with E-state index in [1.165, 1.54) is 6.07 Å². The summed E-state index contributed by atoms with van der Waals surface area (Å²) in [5, 5.41) is 19.6. The number of nitro benzene ring substituents is 1. The van der Waals surface area contributed by atoms with Gasteiger partial charge >= 0.3 is 0 Å². The molecule has 1 aliphatic rings. The van der Waals surface area contributed by atoms with E-state index in [-0.39, 0.29) is 11.1 Å². The molecule has 0 radical (unpaired) electrons. The molecule has 0 unspecified atom stereocenters. The molecule has 0 bridgehead atoms. The zero-order valence-corrected chi connectivity index (χ0v) is 8.36. The third-order valence-electron chi connectivity index (χ3n) is 2.91. The van der Waals surface area contributed by atoms with E-state index in [1.54, 1.807) is 19.1 Å². The van der Waals surface area contributed by atoms with Gasteiger partial charge in [-0.05, 0) is 31.4 Å². The Morgan fingerprint density at radius 2 is 2.20 bits per heavy atom. The summed E-state index contributed by atoms with van der Waals surface area (Å²) >= 11 is 0. The maximum atomic E-state index is 10.6. The third kappa shape index (κ3) is 1.46. The average Bonchev–Trinajstić information content (AvgIpc) is 2.97. The van der Waals surface area contributed by atoms with Crippen LogP contribution in [0, 0.1) is 28.4 Å². The number of rotatable bonds is 2. The van der Waals surface area contributed by atoms with Crippen molar-refractivity contribution in [2.24, 2.45) is 0 Å². The average molecular weight is 202 g/mol. The fourth-order valence-corrected chi connectivity index (χ4v) is 1.75. The predicted octanol–water partition coefficient (Wildman–Crippen LogP) is 2.46. The van der Waals surface area contributed by atoms with Crippen LogP contribution in [0.2, 0.25) is 0 Å². The van der Waals surface area contributed by atoms with Crippen LogP contribution in [-0.2, 0) is 5.41 Å². The second-order valence-electron chi connectivity index (χ2n) is 3.95. The normalized spacial score (nSPS) is 16.8. The van der Waals surface area contributed by atoms with E-state index in [1.807, 2.05) is 0 Å². The van der Waals surface area contributed by atoms with E-state index in [0.717, 1.165) is 18.4 Å². The summed E-state index contributed by atoms with van der Waals surface area (Å²) in [5.41, 5.74) is 1.29. The summed E-state index contributed by atoms with van der Waals surface area (Å²) in [5.74, 6) is 0. The lowest BCUT2D eigenvalue weighted by Crippen LogP contribution is -2.03. The number of hydrogen-bond donors (Lipinski definition) is 0. The Labute approximate surface area is 87.3 Å². The Morgan fingerprint density at radius 1 is 1.53 bits per heavy atom. The molecule has 76 valence electrons. The fraction of sp³-hybridized carbons (Fsp3) is 0.364. The topological polar surface area (TPSA) is 66.9 Å². The first kappa shape index (κ1) is 9.66. The van der Waals surface area contributed by atoms with Gasteiger partial charge in [-0.2, -0.15) is 5.26 Å². The van der Waals surface area contributed by atoms with Crippen molar-refractivity contribution < 1.29 is 4.92 Å². The first-order valence-electron chi connectivity index (χ1n) is 4.76. The van der Waals surface area contributed by atoms with Crippen molar-refractivity contribution in [3.63, 3.8) is 0 Å².